The summed E-state index contributed by atoms with van der Waals surface area (Å²) in [5.41, 5.74) is 2.16. The Labute approximate surface area is 179 Å². The highest BCUT2D eigenvalue weighted by Gasteiger charge is 2.32. The molecule has 0 aromatic carbocycles. The molecule has 0 aliphatic carbocycles. The molecule has 2 fully saturated rings. The Hall–Kier alpha value is -2.39. The van der Waals surface area contributed by atoms with Crippen molar-refractivity contribution in [2.24, 2.45) is 0 Å². The first kappa shape index (κ1) is 19.6. The van der Waals surface area contributed by atoms with Gasteiger partial charge in [-0.2, -0.15) is 0 Å². The molecule has 3 aromatic heterocycles. The van der Waals surface area contributed by atoms with Gasteiger partial charge in [-0.1, -0.05) is 12.1 Å². The van der Waals surface area contributed by atoms with Crippen LogP contribution in [-0.2, 0) is 16.0 Å². The van der Waals surface area contributed by atoms with E-state index in [-0.39, 0.29) is 12.0 Å². The van der Waals surface area contributed by atoms with Crippen molar-refractivity contribution in [3.05, 3.63) is 58.9 Å². The van der Waals surface area contributed by atoms with Crippen molar-refractivity contribution in [1.29, 1.82) is 0 Å². The van der Waals surface area contributed by atoms with E-state index in [1.54, 1.807) is 12.4 Å². The highest BCUT2D eigenvalue weighted by Crippen LogP contribution is 2.38. The van der Waals surface area contributed by atoms with Crippen molar-refractivity contribution in [1.82, 2.24) is 19.8 Å². The van der Waals surface area contributed by atoms with Crippen molar-refractivity contribution >= 4 is 27.5 Å². The molecule has 1 atom stereocenters. The summed E-state index contributed by atoms with van der Waals surface area (Å²) in [6.07, 6.45) is 5.32. The van der Waals surface area contributed by atoms with E-state index >= 15 is 0 Å². The van der Waals surface area contributed by atoms with E-state index in [4.69, 9.17) is 9.47 Å². The number of fused-ring (bicyclic) bond motifs is 1. The third-order valence-corrected chi connectivity index (χ3v) is 6.72. The standard InChI is InChI=1S/C22H24N4O3S/c27-22(26-8-10-28-11-9-26)20-19(17-4-2-6-24-21(17)30-20)18-15-25(7-12-29-18)14-16-3-1-5-23-13-16/h1-6,13,18H,7-12,14-15H2/t18-/m0/s1. The van der Waals surface area contributed by atoms with Crippen LogP contribution in [0.15, 0.2) is 42.9 Å². The van der Waals surface area contributed by atoms with Crippen LogP contribution in [0.3, 0.4) is 0 Å². The summed E-state index contributed by atoms with van der Waals surface area (Å²) < 4.78 is 11.6. The molecule has 5 heterocycles. The maximum atomic E-state index is 13.4. The molecule has 156 valence electrons. The fourth-order valence-corrected chi connectivity index (χ4v) is 5.27. The van der Waals surface area contributed by atoms with Gasteiger partial charge in [-0.3, -0.25) is 14.7 Å². The number of carbonyl (C=O) groups excluding carboxylic acids is 1. The molecule has 3 aromatic rings. The summed E-state index contributed by atoms with van der Waals surface area (Å²) in [6, 6.07) is 8.03. The molecule has 2 aliphatic heterocycles. The molecule has 0 saturated carbocycles. The van der Waals surface area contributed by atoms with Crippen LogP contribution < -0.4 is 0 Å². The topological polar surface area (TPSA) is 67.8 Å². The minimum Gasteiger partial charge on any atom is -0.378 e. The molecule has 2 aliphatic rings. The third-order valence-electron chi connectivity index (χ3n) is 5.60. The molecule has 0 bridgehead atoms. The fraction of sp³-hybridized carbons (Fsp3) is 0.409. The number of hydrogen-bond donors (Lipinski definition) is 0. The first-order valence-electron chi connectivity index (χ1n) is 10.3. The Morgan fingerprint density at radius 3 is 2.83 bits per heavy atom. The van der Waals surface area contributed by atoms with E-state index in [1.165, 1.54) is 16.9 Å². The van der Waals surface area contributed by atoms with Gasteiger partial charge in [0.05, 0.1) is 25.9 Å². The Kier molecular flexibility index (Phi) is 5.72. The predicted molar refractivity (Wildman–Crippen MR) is 115 cm³/mol. The summed E-state index contributed by atoms with van der Waals surface area (Å²) >= 11 is 1.47. The number of ether oxygens (including phenoxy) is 2. The first-order chi connectivity index (χ1) is 14.8. The normalized spacial score (nSPS) is 20.5. The quantitative estimate of drug-likeness (QED) is 0.642. The molecule has 1 amide bonds. The van der Waals surface area contributed by atoms with Gasteiger partial charge in [0.25, 0.3) is 5.91 Å². The second-order valence-corrected chi connectivity index (χ2v) is 8.56. The molecule has 0 radical (unpaired) electrons. The molecule has 8 heteroatoms. The molecule has 2 saturated heterocycles. The second-order valence-electron chi connectivity index (χ2n) is 7.56. The lowest BCUT2D eigenvalue weighted by molar-refractivity contribution is -0.0325. The smallest absolute Gasteiger partial charge is 0.264 e. The number of rotatable bonds is 4. The minimum atomic E-state index is -0.159. The number of pyridine rings is 2. The summed E-state index contributed by atoms with van der Waals surface area (Å²) in [7, 11) is 0. The maximum Gasteiger partial charge on any atom is 0.264 e. The summed E-state index contributed by atoms with van der Waals surface area (Å²) in [6.45, 7) is 5.47. The van der Waals surface area contributed by atoms with Gasteiger partial charge in [0, 0.05) is 62.3 Å². The Balaban J connectivity index is 1.45. The molecular weight excluding hydrogens is 400 g/mol. The van der Waals surface area contributed by atoms with Crippen LogP contribution in [-0.4, -0.2) is 71.7 Å². The Morgan fingerprint density at radius 1 is 1.13 bits per heavy atom. The molecule has 5 rings (SSSR count). The maximum absolute atomic E-state index is 13.4. The summed E-state index contributed by atoms with van der Waals surface area (Å²) in [5, 5.41) is 1.02. The Morgan fingerprint density at radius 2 is 2.00 bits per heavy atom. The fourth-order valence-electron chi connectivity index (χ4n) is 4.11. The zero-order chi connectivity index (χ0) is 20.3. The first-order valence-corrected chi connectivity index (χ1v) is 11.1. The van der Waals surface area contributed by atoms with Gasteiger partial charge in [-0.15, -0.1) is 11.3 Å². The van der Waals surface area contributed by atoms with Crippen LogP contribution in [0, 0.1) is 0 Å². The number of nitrogens with zero attached hydrogens (tertiary/aromatic N) is 4. The van der Waals surface area contributed by atoms with E-state index in [0.29, 0.717) is 32.9 Å². The predicted octanol–water partition coefficient (Wildman–Crippen LogP) is 2.74. The molecule has 0 N–H and O–H groups in total. The number of thiophene rings is 1. The van der Waals surface area contributed by atoms with Crippen molar-refractivity contribution in [3.63, 3.8) is 0 Å². The van der Waals surface area contributed by atoms with E-state index in [0.717, 1.165) is 40.3 Å². The summed E-state index contributed by atoms with van der Waals surface area (Å²) in [5.74, 6) is 0.0595. The Bertz CT molecular complexity index is 1020. The largest absolute Gasteiger partial charge is 0.378 e. The minimum absolute atomic E-state index is 0.0595. The third kappa shape index (κ3) is 3.96. The van der Waals surface area contributed by atoms with Crippen LogP contribution in [0.5, 0.6) is 0 Å². The van der Waals surface area contributed by atoms with Crippen LogP contribution >= 0.6 is 11.3 Å². The van der Waals surface area contributed by atoms with Crippen LogP contribution in [0.25, 0.3) is 10.2 Å². The average Bonchev–Trinajstić information content (AvgIpc) is 3.20. The summed E-state index contributed by atoms with van der Waals surface area (Å²) in [4.78, 5) is 28.0. The lowest BCUT2D eigenvalue weighted by Gasteiger charge is -2.34. The zero-order valence-electron chi connectivity index (χ0n) is 16.7. The lowest BCUT2D eigenvalue weighted by atomic mass is 10.0. The van der Waals surface area contributed by atoms with E-state index in [1.807, 2.05) is 29.3 Å². The molecule has 7 nitrogen and oxygen atoms in total. The van der Waals surface area contributed by atoms with Crippen LogP contribution in [0.1, 0.15) is 26.9 Å². The zero-order valence-corrected chi connectivity index (χ0v) is 17.5. The monoisotopic (exact) mass is 424 g/mol. The van der Waals surface area contributed by atoms with Gasteiger partial charge >= 0.3 is 0 Å². The average molecular weight is 425 g/mol. The molecular formula is C22H24N4O3S. The van der Waals surface area contributed by atoms with Gasteiger partial charge < -0.3 is 14.4 Å². The second kappa shape index (κ2) is 8.77. The van der Waals surface area contributed by atoms with Crippen molar-refractivity contribution in [2.45, 2.75) is 12.6 Å². The highest BCUT2D eigenvalue weighted by atomic mass is 32.1. The lowest BCUT2D eigenvalue weighted by Crippen LogP contribution is -2.41. The number of aromatic nitrogens is 2. The van der Waals surface area contributed by atoms with Crippen molar-refractivity contribution in [2.75, 3.05) is 46.0 Å². The molecule has 0 spiro atoms. The highest BCUT2D eigenvalue weighted by molar-refractivity contribution is 7.20. The number of amides is 1. The van der Waals surface area contributed by atoms with Gasteiger partial charge in [0.1, 0.15) is 9.71 Å². The van der Waals surface area contributed by atoms with E-state index < -0.39 is 0 Å². The number of carbonyl (C=O) groups is 1. The van der Waals surface area contributed by atoms with Crippen LogP contribution in [0.2, 0.25) is 0 Å². The number of hydrogen-bond acceptors (Lipinski definition) is 7. The van der Waals surface area contributed by atoms with Gasteiger partial charge in [-0.05, 0) is 17.7 Å². The van der Waals surface area contributed by atoms with Crippen LogP contribution in [0.4, 0.5) is 0 Å². The van der Waals surface area contributed by atoms with Gasteiger partial charge in [0.15, 0.2) is 0 Å². The van der Waals surface area contributed by atoms with Crippen molar-refractivity contribution < 1.29 is 14.3 Å². The van der Waals surface area contributed by atoms with Gasteiger partial charge in [-0.25, -0.2) is 4.98 Å². The molecule has 0 unspecified atom stereocenters. The van der Waals surface area contributed by atoms with Gasteiger partial charge in [0.2, 0.25) is 0 Å². The molecule has 30 heavy (non-hydrogen) atoms. The van der Waals surface area contributed by atoms with E-state index in [9.17, 15) is 4.79 Å². The number of morpholine rings is 2. The van der Waals surface area contributed by atoms with Crippen molar-refractivity contribution in [3.8, 4) is 0 Å². The SMILES string of the molecule is O=C(c1sc2ncccc2c1[C@@H]1CN(Cc2cccnc2)CCO1)N1CCOCC1. The van der Waals surface area contributed by atoms with E-state index in [2.05, 4.69) is 20.9 Å².